The van der Waals surface area contributed by atoms with E-state index in [1.54, 1.807) is 68.4 Å². The first kappa shape index (κ1) is 29.2. The quantitative estimate of drug-likeness (QED) is 0.151. The number of benzene rings is 4. The molecule has 0 saturated heterocycles. The van der Waals surface area contributed by atoms with Crippen LogP contribution in [0.15, 0.2) is 84.9 Å². The highest BCUT2D eigenvalue weighted by Crippen LogP contribution is 2.57. The third-order valence-electron chi connectivity index (χ3n) is 7.69. The Kier molecular flexibility index (Phi) is 7.25. The Morgan fingerprint density at radius 2 is 1.61 bits per heavy atom. The number of hydrazine groups is 1. The maximum absolute atomic E-state index is 13.9. The van der Waals surface area contributed by atoms with Gasteiger partial charge in [0.1, 0.15) is 34.6 Å². The minimum absolute atomic E-state index is 0.0348. The summed E-state index contributed by atoms with van der Waals surface area (Å²) in [7, 11) is 0. The van der Waals surface area contributed by atoms with Gasteiger partial charge in [-0.1, -0.05) is 48.5 Å². The first-order valence-electron chi connectivity index (χ1n) is 15.2. The number of ether oxygens (including phenoxy) is 3. The second-order valence-electron chi connectivity index (χ2n) is 11.8. The monoisotopic (exact) mass is 625 g/mol. The lowest BCUT2D eigenvalue weighted by molar-refractivity contribution is -0.141. The van der Waals surface area contributed by atoms with Crippen LogP contribution in [0.25, 0.3) is 0 Å². The summed E-state index contributed by atoms with van der Waals surface area (Å²) in [6, 6.07) is 21.5. The average molecular weight is 626 g/mol. The number of aliphatic carboxylic acids is 1. The number of carboxylic acids is 1. The van der Waals surface area contributed by atoms with Crippen molar-refractivity contribution >= 4 is 18.0 Å². The number of hydrogen-bond acceptors (Lipinski definition) is 9. The van der Waals surface area contributed by atoms with Crippen LogP contribution in [0.2, 0.25) is 0 Å². The van der Waals surface area contributed by atoms with Crippen LogP contribution in [0.1, 0.15) is 60.3 Å². The molecule has 0 radical (unpaired) electrons. The van der Waals surface area contributed by atoms with Crippen LogP contribution in [0.3, 0.4) is 0 Å². The molecule has 0 aromatic heterocycles. The summed E-state index contributed by atoms with van der Waals surface area (Å²) in [5.74, 6) is -1.67. The summed E-state index contributed by atoms with van der Waals surface area (Å²) in [5, 5.41) is 31.5. The molecule has 11 nitrogen and oxygen atoms in total. The summed E-state index contributed by atoms with van der Waals surface area (Å²) in [6.45, 7) is 2.57. The number of nitrogens with one attached hydrogen (secondary N) is 1. The number of amides is 1. The van der Waals surface area contributed by atoms with Gasteiger partial charge in [0.2, 0.25) is 0 Å². The zero-order valence-corrected chi connectivity index (χ0v) is 25.0. The van der Waals surface area contributed by atoms with Crippen molar-refractivity contribution in [3.05, 3.63) is 118 Å². The molecule has 0 unspecified atom stereocenters. The Labute approximate surface area is 265 Å². The predicted octanol–water partition coefficient (Wildman–Crippen LogP) is 5.60. The molecule has 0 fully saturated rings. The Balaban J connectivity index is 1.44. The van der Waals surface area contributed by atoms with Crippen molar-refractivity contribution in [2.45, 2.75) is 51.0 Å². The molecule has 4 N–H and O–H groups in total. The lowest BCUT2D eigenvalue weighted by Gasteiger charge is -2.36. The molecule has 4 aromatic rings. The average Bonchev–Trinajstić information content (AvgIpc) is 3.33. The van der Waals surface area contributed by atoms with Crippen LogP contribution in [0.4, 0.5) is 4.79 Å². The standard InChI is InChI=1S/C35H32N2O9/c1-34(2,3)46-33(43)37(36-27(31(40)41)16-20-8-5-4-6-9-20)19-21-10-7-11-26-30(21)32(42)45-35(26)24-14-12-22(38)17-28(24)44-29-18-23(39)13-15-25(29)35/h4-15,17-18,27,36,38-39H,16,19H2,1-3H3,(H,40,41)/t27-/m0/s1/i1D. The van der Waals surface area contributed by atoms with Crippen molar-refractivity contribution < 1.29 is 45.3 Å². The smallest absolute Gasteiger partial charge is 0.425 e. The van der Waals surface area contributed by atoms with Crippen LogP contribution in [0.5, 0.6) is 23.0 Å². The van der Waals surface area contributed by atoms with Crippen molar-refractivity contribution in [3.8, 4) is 23.0 Å². The summed E-state index contributed by atoms with van der Waals surface area (Å²) in [5.41, 5.74) is 2.52. The molecule has 46 heavy (non-hydrogen) atoms. The highest BCUT2D eigenvalue weighted by molar-refractivity contribution is 5.98. The number of aromatic hydroxyl groups is 2. The number of phenolic OH excluding ortho intramolecular Hbond substituents is 2. The summed E-state index contributed by atoms with van der Waals surface area (Å²) >= 11 is 0. The van der Waals surface area contributed by atoms with Gasteiger partial charge in [-0.25, -0.2) is 20.0 Å². The molecule has 1 atom stereocenters. The number of esters is 1. The van der Waals surface area contributed by atoms with E-state index in [4.69, 9.17) is 15.6 Å². The highest BCUT2D eigenvalue weighted by Gasteiger charge is 2.54. The highest BCUT2D eigenvalue weighted by atomic mass is 16.6. The van der Waals surface area contributed by atoms with Crippen LogP contribution in [-0.4, -0.2) is 50.0 Å². The number of phenols is 2. The van der Waals surface area contributed by atoms with Crippen molar-refractivity contribution in [3.63, 3.8) is 0 Å². The molecule has 2 heterocycles. The van der Waals surface area contributed by atoms with Crippen LogP contribution < -0.4 is 10.2 Å². The Hall–Kier alpha value is -5.55. The largest absolute Gasteiger partial charge is 0.508 e. The van der Waals surface area contributed by atoms with E-state index in [0.717, 1.165) is 5.01 Å². The summed E-state index contributed by atoms with van der Waals surface area (Å²) in [4.78, 5) is 39.8. The minimum Gasteiger partial charge on any atom is -0.508 e. The number of carboxylic acid groups (broad SMARTS) is 1. The molecule has 4 aromatic carbocycles. The summed E-state index contributed by atoms with van der Waals surface area (Å²) < 4.78 is 25.6. The molecule has 0 saturated carbocycles. The lowest BCUT2D eigenvalue weighted by Crippen LogP contribution is -2.53. The fraction of sp³-hybridized carbons (Fsp3) is 0.229. The minimum atomic E-state index is -1.53. The van der Waals surface area contributed by atoms with Gasteiger partial charge in [0.05, 0.1) is 12.1 Å². The number of rotatable bonds is 7. The van der Waals surface area contributed by atoms with E-state index >= 15 is 0 Å². The first-order chi connectivity index (χ1) is 22.4. The molecule has 236 valence electrons. The van der Waals surface area contributed by atoms with E-state index in [1.807, 2.05) is 6.07 Å². The lowest BCUT2D eigenvalue weighted by atomic mass is 9.77. The number of carbonyl (C=O) groups is 3. The Morgan fingerprint density at radius 3 is 2.22 bits per heavy atom. The molecule has 11 heteroatoms. The molecule has 0 bridgehead atoms. The number of carbonyl (C=O) groups excluding carboxylic acids is 2. The van der Waals surface area contributed by atoms with E-state index < -0.39 is 35.3 Å². The molecule has 2 aliphatic rings. The number of hydrogen-bond donors (Lipinski definition) is 4. The van der Waals surface area contributed by atoms with E-state index in [9.17, 15) is 29.7 Å². The van der Waals surface area contributed by atoms with Crippen LogP contribution >= 0.6 is 0 Å². The van der Waals surface area contributed by atoms with Gasteiger partial charge in [-0.2, -0.15) is 0 Å². The molecular weight excluding hydrogens is 592 g/mol. The Morgan fingerprint density at radius 1 is 0.957 bits per heavy atom. The van der Waals surface area contributed by atoms with Gasteiger partial charge >= 0.3 is 18.0 Å². The van der Waals surface area contributed by atoms with Crippen molar-refractivity contribution in [1.29, 1.82) is 0 Å². The van der Waals surface area contributed by atoms with E-state index in [2.05, 4.69) is 5.43 Å². The number of nitrogens with zero attached hydrogens (tertiary/aromatic N) is 1. The molecule has 1 amide bonds. The van der Waals surface area contributed by atoms with Gasteiger partial charge in [-0.05, 0) is 56.1 Å². The predicted molar refractivity (Wildman–Crippen MR) is 165 cm³/mol. The SMILES string of the molecule is [2H]CC(C)(C)OC(=O)N(Cc1cccc2c1C(=O)OC21c2ccc(O)cc2Oc2cc(O)ccc21)N[C@@H](Cc1ccccc1)C(=O)O. The molecule has 1 spiro atoms. The zero-order valence-electron chi connectivity index (χ0n) is 26.0. The maximum atomic E-state index is 13.9. The first-order valence-corrected chi connectivity index (χ1v) is 14.4. The van der Waals surface area contributed by atoms with Gasteiger partial charge in [0.25, 0.3) is 0 Å². The van der Waals surface area contributed by atoms with Gasteiger partial charge in [0.15, 0.2) is 5.60 Å². The van der Waals surface area contributed by atoms with Crippen LogP contribution in [-0.2, 0) is 32.8 Å². The van der Waals surface area contributed by atoms with Crippen molar-refractivity contribution in [1.82, 2.24) is 10.4 Å². The molecule has 2 aliphatic heterocycles. The molecule has 6 rings (SSSR count). The normalized spacial score (nSPS) is 15.0. The van der Waals surface area contributed by atoms with Gasteiger partial charge in [-0.15, -0.1) is 0 Å². The fourth-order valence-electron chi connectivity index (χ4n) is 5.80. The summed E-state index contributed by atoms with van der Waals surface area (Å²) in [6.07, 6.45) is -0.902. The van der Waals surface area contributed by atoms with Crippen molar-refractivity contribution in [2.24, 2.45) is 0 Å². The van der Waals surface area contributed by atoms with E-state index in [1.165, 1.54) is 24.3 Å². The topological polar surface area (TPSA) is 155 Å². The van der Waals surface area contributed by atoms with Gasteiger partial charge in [-0.3, -0.25) is 4.79 Å². The number of fused-ring (bicyclic) bond motifs is 6. The third kappa shape index (κ3) is 5.56. The Bertz CT molecular complexity index is 1830. The van der Waals surface area contributed by atoms with Crippen molar-refractivity contribution in [2.75, 3.05) is 0 Å². The van der Waals surface area contributed by atoms with E-state index in [-0.39, 0.29) is 48.4 Å². The molecule has 0 aliphatic carbocycles. The molecular formula is C35H32N2O9. The van der Waals surface area contributed by atoms with Crippen LogP contribution in [0, 0.1) is 0 Å². The van der Waals surface area contributed by atoms with Gasteiger partial charge < -0.3 is 29.5 Å². The zero-order chi connectivity index (χ0) is 33.5. The fourth-order valence-corrected chi connectivity index (χ4v) is 5.80. The van der Waals surface area contributed by atoms with Gasteiger partial charge in [0, 0.05) is 36.6 Å². The maximum Gasteiger partial charge on any atom is 0.425 e. The second kappa shape index (κ2) is 11.4. The van der Waals surface area contributed by atoms with E-state index in [0.29, 0.717) is 27.8 Å². The third-order valence-corrected chi connectivity index (χ3v) is 7.69. The second-order valence-corrected chi connectivity index (χ2v) is 11.8.